The fourth-order valence-corrected chi connectivity index (χ4v) is 4.86. The van der Waals surface area contributed by atoms with Crippen molar-refractivity contribution in [3.05, 3.63) is 64.4 Å². The maximum atomic E-state index is 13.1. The molecule has 178 valence electrons. The Bertz CT molecular complexity index is 1200. The van der Waals surface area contributed by atoms with Crippen LogP contribution in [-0.2, 0) is 11.8 Å². The Morgan fingerprint density at radius 2 is 1.97 bits per heavy atom. The molecule has 1 aliphatic heterocycles. The quantitative estimate of drug-likeness (QED) is 0.482. The van der Waals surface area contributed by atoms with Gasteiger partial charge in [0.05, 0.1) is 24.6 Å². The molecule has 0 radical (unpaired) electrons. The molecule has 0 aliphatic carbocycles. The Morgan fingerprint density at radius 3 is 2.71 bits per heavy atom. The molecule has 3 aromatic rings. The molecule has 0 bridgehead atoms. The fraction of sp³-hybridized carbons (Fsp3) is 0.333. The average molecular weight is 500 g/mol. The van der Waals surface area contributed by atoms with E-state index in [4.69, 9.17) is 16.3 Å². The highest BCUT2D eigenvalue weighted by Crippen LogP contribution is 2.33. The number of anilines is 1. The second-order valence-corrected chi connectivity index (χ2v) is 9.48. The fourth-order valence-electron chi connectivity index (χ4n) is 4.01. The van der Waals surface area contributed by atoms with Crippen LogP contribution in [-0.4, -0.2) is 50.9 Å². The summed E-state index contributed by atoms with van der Waals surface area (Å²) in [6, 6.07) is 12.4. The number of hydrogen-bond donors (Lipinski definition) is 1. The number of carbonyl (C=O) groups is 2. The Labute approximate surface area is 207 Å². The summed E-state index contributed by atoms with van der Waals surface area (Å²) < 4.78 is 7.19. The van der Waals surface area contributed by atoms with Gasteiger partial charge in [-0.2, -0.15) is 0 Å². The van der Waals surface area contributed by atoms with Gasteiger partial charge in [-0.1, -0.05) is 29.4 Å². The van der Waals surface area contributed by atoms with Crippen molar-refractivity contribution in [3.8, 4) is 5.75 Å². The number of methoxy groups -OCH3 is 1. The summed E-state index contributed by atoms with van der Waals surface area (Å²) in [6.45, 7) is 2.61. The van der Waals surface area contributed by atoms with Gasteiger partial charge >= 0.3 is 0 Å². The van der Waals surface area contributed by atoms with Crippen molar-refractivity contribution in [2.75, 3.05) is 24.7 Å². The highest BCUT2D eigenvalue weighted by Gasteiger charge is 2.34. The van der Waals surface area contributed by atoms with Crippen molar-refractivity contribution < 1.29 is 14.3 Å². The predicted octanol–water partition coefficient (Wildman–Crippen LogP) is 4.49. The molecule has 1 fully saturated rings. The van der Waals surface area contributed by atoms with Crippen LogP contribution >= 0.6 is 23.4 Å². The average Bonchev–Trinajstić information content (AvgIpc) is 3.44. The summed E-state index contributed by atoms with van der Waals surface area (Å²) in [6.07, 6.45) is 1.70. The minimum atomic E-state index is -0.168. The van der Waals surface area contributed by atoms with Gasteiger partial charge in [0.25, 0.3) is 5.91 Å². The van der Waals surface area contributed by atoms with Crippen LogP contribution in [0, 0.1) is 6.92 Å². The number of aryl methyl sites for hydroxylation is 1. The van der Waals surface area contributed by atoms with Gasteiger partial charge in [-0.3, -0.25) is 9.59 Å². The molecule has 1 unspecified atom stereocenters. The number of amides is 2. The lowest BCUT2D eigenvalue weighted by molar-refractivity contribution is -0.113. The zero-order valence-electron chi connectivity index (χ0n) is 19.2. The number of ether oxygens (including phenoxy) is 1. The SMILES string of the molecule is COc1ccc(C)cc1NC(=O)CSc1nnc(C2CCCN2C(=O)c2ccc(Cl)cc2)n1C. The first-order valence-electron chi connectivity index (χ1n) is 10.9. The predicted molar refractivity (Wildman–Crippen MR) is 133 cm³/mol. The molecule has 1 atom stereocenters. The molecule has 0 spiro atoms. The van der Waals surface area contributed by atoms with Crippen LogP contribution in [0.2, 0.25) is 5.02 Å². The van der Waals surface area contributed by atoms with Crippen molar-refractivity contribution in [1.29, 1.82) is 0 Å². The summed E-state index contributed by atoms with van der Waals surface area (Å²) >= 11 is 7.26. The van der Waals surface area contributed by atoms with Gasteiger partial charge in [0.15, 0.2) is 11.0 Å². The number of carbonyl (C=O) groups excluding carboxylic acids is 2. The minimum Gasteiger partial charge on any atom is -0.495 e. The molecule has 4 rings (SSSR count). The molecule has 2 amide bonds. The highest BCUT2D eigenvalue weighted by molar-refractivity contribution is 7.99. The number of thioether (sulfide) groups is 1. The maximum Gasteiger partial charge on any atom is 0.254 e. The zero-order valence-corrected chi connectivity index (χ0v) is 20.8. The molecule has 1 N–H and O–H groups in total. The van der Waals surface area contributed by atoms with Crippen molar-refractivity contribution in [2.45, 2.75) is 31.0 Å². The molecule has 1 saturated heterocycles. The monoisotopic (exact) mass is 499 g/mol. The van der Waals surface area contributed by atoms with Crippen LogP contribution in [0.25, 0.3) is 0 Å². The maximum absolute atomic E-state index is 13.1. The summed E-state index contributed by atoms with van der Waals surface area (Å²) in [5, 5.41) is 12.7. The van der Waals surface area contributed by atoms with Crippen LogP contribution in [0.15, 0.2) is 47.6 Å². The van der Waals surface area contributed by atoms with Crippen LogP contribution in [0.4, 0.5) is 5.69 Å². The Hall–Kier alpha value is -3.04. The van der Waals surface area contributed by atoms with E-state index in [1.807, 2.05) is 41.6 Å². The highest BCUT2D eigenvalue weighted by atomic mass is 35.5. The van der Waals surface area contributed by atoms with E-state index in [1.165, 1.54) is 11.8 Å². The van der Waals surface area contributed by atoms with Crippen LogP contribution < -0.4 is 10.1 Å². The van der Waals surface area contributed by atoms with E-state index < -0.39 is 0 Å². The standard InChI is InChI=1S/C24H26ClN5O3S/c1-15-6-11-20(33-3)18(13-15)26-21(31)14-34-24-28-27-22(29(24)2)19-5-4-12-30(19)23(32)16-7-9-17(25)10-8-16/h6-11,13,19H,4-5,12,14H2,1-3H3,(H,26,31). The van der Waals surface area contributed by atoms with Crippen molar-refractivity contribution in [2.24, 2.45) is 7.05 Å². The van der Waals surface area contributed by atoms with E-state index in [1.54, 1.807) is 31.4 Å². The van der Waals surface area contributed by atoms with Gasteiger partial charge in [0.1, 0.15) is 5.75 Å². The minimum absolute atomic E-state index is 0.0529. The lowest BCUT2D eigenvalue weighted by atomic mass is 10.1. The lowest BCUT2D eigenvalue weighted by Gasteiger charge is -2.24. The lowest BCUT2D eigenvalue weighted by Crippen LogP contribution is -2.31. The summed E-state index contributed by atoms with van der Waals surface area (Å²) in [5.74, 6) is 1.27. The number of benzene rings is 2. The molecule has 1 aliphatic rings. The Balaban J connectivity index is 1.42. The van der Waals surface area contributed by atoms with Gasteiger partial charge in [-0.25, -0.2) is 0 Å². The third kappa shape index (κ3) is 5.20. The van der Waals surface area contributed by atoms with Gasteiger partial charge in [-0.15, -0.1) is 10.2 Å². The first-order valence-corrected chi connectivity index (χ1v) is 12.3. The van der Waals surface area contributed by atoms with E-state index in [0.29, 0.717) is 39.5 Å². The molecule has 34 heavy (non-hydrogen) atoms. The largest absolute Gasteiger partial charge is 0.495 e. The topological polar surface area (TPSA) is 89.3 Å². The molecule has 1 aromatic heterocycles. The number of aromatic nitrogens is 3. The molecule has 0 saturated carbocycles. The van der Waals surface area contributed by atoms with Crippen molar-refractivity contribution in [1.82, 2.24) is 19.7 Å². The Morgan fingerprint density at radius 1 is 1.21 bits per heavy atom. The molecule has 2 aromatic carbocycles. The van der Waals surface area contributed by atoms with E-state index in [9.17, 15) is 9.59 Å². The second kappa shape index (κ2) is 10.5. The van der Waals surface area contributed by atoms with Crippen LogP contribution in [0.5, 0.6) is 5.75 Å². The van der Waals surface area contributed by atoms with Crippen molar-refractivity contribution >= 4 is 40.9 Å². The molecule has 2 heterocycles. The number of halogens is 1. The normalized spacial score (nSPS) is 15.4. The van der Waals surface area contributed by atoms with Crippen molar-refractivity contribution in [3.63, 3.8) is 0 Å². The van der Waals surface area contributed by atoms with Crippen LogP contribution in [0.1, 0.15) is 40.6 Å². The zero-order chi connectivity index (χ0) is 24.2. The third-order valence-electron chi connectivity index (χ3n) is 5.73. The van der Waals surface area contributed by atoms with Gasteiger partial charge in [0.2, 0.25) is 5.91 Å². The van der Waals surface area contributed by atoms with Crippen LogP contribution in [0.3, 0.4) is 0 Å². The first kappa shape index (κ1) is 24.1. The third-order valence-corrected chi connectivity index (χ3v) is 7.01. The number of likely N-dealkylation sites (tertiary alicyclic amines) is 1. The number of hydrogen-bond acceptors (Lipinski definition) is 6. The number of rotatable bonds is 7. The molecule has 10 heteroatoms. The van der Waals surface area contributed by atoms with E-state index in [0.717, 1.165) is 18.4 Å². The van der Waals surface area contributed by atoms with Gasteiger partial charge in [0, 0.05) is 24.2 Å². The van der Waals surface area contributed by atoms with Gasteiger partial charge in [-0.05, 0) is 61.7 Å². The molecular weight excluding hydrogens is 474 g/mol. The number of nitrogens with one attached hydrogen (secondary N) is 1. The number of nitrogens with zero attached hydrogens (tertiary/aromatic N) is 4. The summed E-state index contributed by atoms with van der Waals surface area (Å²) in [5.41, 5.74) is 2.25. The summed E-state index contributed by atoms with van der Waals surface area (Å²) in [4.78, 5) is 27.5. The van der Waals surface area contributed by atoms with Gasteiger partial charge < -0.3 is 19.5 Å². The Kier molecular flexibility index (Phi) is 7.43. The van der Waals surface area contributed by atoms with E-state index in [2.05, 4.69) is 15.5 Å². The van der Waals surface area contributed by atoms with E-state index >= 15 is 0 Å². The summed E-state index contributed by atoms with van der Waals surface area (Å²) in [7, 11) is 3.43. The second-order valence-electron chi connectivity index (χ2n) is 8.10. The molecular formula is C24H26ClN5O3S. The molecule has 8 nitrogen and oxygen atoms in total. The van der Waals surface area contributed by atoms with E-state index in [-0.39, 0.29) is 23.6 Å². The first-order chi connectivity index (χ1) is 16.4. The smallest absolute Gasteiger partial charge is 0.254 e.